The van der Waals surface area contributed by atoms with E-state index in [-0.39, 0.29) is 24.5 Å². The Balaban J connectivity index is 2.50. The van der Waals surface area contributed by atoms with E-state index in [0.29, 0.717) is 6.54 Å². The molecular formula is C14H26N2O3. The van der Waals surface area contributed by atoms with Crippen LogP contribution in [0, 0.1) is 0 Å². The predicted octanol–water partition coefficient (Wildman–Crippen LogP) is 2.60. The van der Waals surface area contributed by atoms with Gasteiger partial charge in [-0.05, 0) is 26.7 Å². The lowest BCUT2D eigenvalue weighted by atomic mass is 10.1. The molecular weight excluding hydrogens is 244 g/mol. The fourth-order valence-corrected chi connectivity index (χ4v) is 2.70. The summed E-state index contributed by atoms with van der Waals surface area (Å²) in [7, 11) is 0. The smallest absolute Gasteiger partial charge is 0.317 e. The van der Waals surface area contributed by atoms with Crippen LogP contribution in [0.4, 0.5) is 4.79 Å². The second kappa shape index (κ2) is 8.02. The van der Waals surface area contributed by atoms with E-state index in [2.05, 4.69) is 5.32 Å². The van der Waals surface area contributed by atoms with Gasteiger partial charge >= 0.3 is 12.0 Å². The van der Waals surface area contributed by atoms with Crippen molar-refractivity contribution >= 4 is 12.0 Å². The first-order chi connectivity index (χ1) is 9.04. The lowest BCUT2D eigenvalue weighted by molar-refractivity contribution is -0.138. The van der Waals surface area contributed by atoms with Crippen LogP contribution in [0.3, 0.4) is 0 Å². The molecule has 19 heavy (non-hydrogen) atoms. The molecule has 0 saturated heterocycles. The number of nitrogens with one attached hydrogen (secondary N) is 1. The normalized spacial score (nSPS) is 18.4. The molecule has 1 aliphatic carbocycles. The van der Waals surface area contributed by atoms with Crippen molar-refractivity contribution in [2.45, 2.75) is 70.9 Å². The van der Waals surface area contributed by atoms with Gasteiger partial charge in [-0.15, -0.1) is 0 Å². The van der Waals surface area contributed by atoms with Crippen LogP contribution in [0.25, 0.3) is 0 Å². The first-order valence-electron chi connectivity index (χ1n) is 7.33. The van der Waals surface area contributed by atoms with Crippen LogP contribution in [0.1, 0.15) is 58.8 Å². The Hall–Kier alpha value is -1.26. The molecule has 1 unspecified atom stereocenters. The number of carboxylic acids is 1. The van der Waals surface area contributed by atoms with Crippen LogP contribution in [0.15, 0.2) is 0 Å². The maximum absolute atomic E-state index is 12.2. The lowest BCUT2D eigenvalue weighted by Crippen LogP contribution is -2.48. The maximum atomic E-state index is 12.2. The van der Waals surface area contributed by atoms with Crippen molar-refractivity contribution < 1.29 is 14.7 Å². The van der Waals surface area contributed by atoms with Gasteiger partial charge in [-0.25, -0.2) is 4.79 Å². The SMILES string of the molecule is CCN(C(=O)NC1CCCCCC1)C(C)CC(=O)O. The van der Waals surface area contributed by atoms with Gasteiger partial charge in [0.05, 0.1) is 6.42 Å². The number of carbonyl (C=O) groups excluding carboxylic acids is 1. The molecule has 0 aromatic rings. The van der Waals surface area contributed by atoms with E-state index in [0.717, 1.165) is 12.8 Å². The summed E-state index contributed by atoms with van der Waals surface area (Å²) >= 11 is 0. The van der Waals surface area contributed by atoms with Crippen LogP contribution in [0.5, 0.6) is 0 Å². The van der Waals surface area contributed by atoms with Gasteiger partial charge in [-0.2, -0.15) is 0 Å². The fourth-order valence-electron chi connectivity index (χ4n) is 2.70. The van der Waals surface area contributed by atoms with Gasteiger partial charge in [0.25, 0.3) is 0 Å². The average Bonchev–Trinajstić information content (AvgIpc) is 2.57. The number of rotatable bonds is 5. The topological polar surface area (TPSA) is 69.6 Å². The van der Waals surface area contributed by atoms with E-state index in [9.17, 15) is 9.59 Å². The summed E-state index contributed by atoms with van der Waals surface area (Å²) in [5, 5.41) is 11.9. The summed E-state index contributed by atoms with van der Waals surface area (Å²) in [6, 6.07) is -0.141. The molecule has 0 radical (unpaired) electrons. The van der Waals surface area contributed by atoms with Crippen LogP contribution in [-0.4, -0.2) is 40.6 Å². The number of urea groups is 1. The van der Waals surface area contributed by atoms with Gasteiger partial charge in [0.15, 0.2) is 0 Å². The molecule has 5 nitrogen and oxygen atoms in total. The Morgan fingerprint density at radius 1 is 1.26 bits per heavy atom. The molecule has 1 aliphatic rings. The maximum Gasteiger partial charge on any atom is 0.317 e. The van der Waals surface area contributed by atoms with Gasteiger partial charge in [-0.3, -0.25) is 4.79 Å². The van der Waals surface area contributed by atoms with E-state index in [1.54, 1.807) is 11.8 Å². The third-order valence-corrected chi connectivity index (χ3v) is 3.79. The van der Waals surface area contributed by atoms with E-state index in [1.807, 2.05) is 6.92 Å². The zero-order valence-electron chi connectivity index (χ0n) is 12.0. The Kier molecular flexibility index (Phi) is 6.67. The Bertz CT molecular complexity index is 299. The largest absolute Gasteiger partial charge is 0.481 e. The second-order valence-electron chi connectivity index (χ2n) is 5.37. The van der Waals surface area contributed by atoms with Gasteiger partial charge in [-0.1, -0.05) is 25.7 Å². The summed E-state index contributed by atoms with van der Waals surface area (Å²) in [6.07, 6.45) is 6.90. The summed E-state index contributed by atoms with van der Waals surface area (Å²) < 4.78 is 0. The molecule has 2 amide bonds. The quantitative estimate of drug-likeness (QED) is 0.754. The average molecular weight is 270 g/mol. The summed E-state index contributed by atoms with van der Waals surface area (Å²) in [4.78, 5) is 24.5. The molecule has 0 aliphatic heterocycles. The van der Waals surface area contributed by atoms with E-state index >= 15 is 0 Å². The highest BCUT2D eigenvalue weighted by Crippen LogP contribution is 2.17. The third-order valence-electron chi connectivity index (χ3n) is 3.79. The van der Waals surface area contributed by atoms with Gasteiger partial charge in [0.2, 0.25) is 0 Å². The molecule has 2 N–H and O–H groups in total. The predicted molar refractivity (Wildman–Crippen MR) is 74.1 cm³/mol. The number of hydrogen-bond acceptors (Lipinski definition) is 2. The summed E-state index contributed by atoms with van der Waals surface area (Å²) in [5.74, 6) is -0.867. The molecule has 1 fully saturated rings. The van der Waals surface area contributed by atoms with E-state index in [4.69, 9.17) is 5.11 Å². The molecule has 1 atom stereocenters. The molecule has 110 valence electrons. The van der Waals surface area contributed by atoms with Crippen molar-refractivity contribution in [2.24, 2.45) is 0 Å². The van der Waals surface area contributed by atoms with Crippen LogP contribution >= 0.6 is 0 Å². The fraction of sp³-hybridized carbons (Fsp3) is 0.857. The van der Waals surface area contributed by atoms with Crippen molar-refractivity contribution in [1.29, 1.82) is 0 Å². The van der Waals surface area contributed by atoms with Crippen molar-refractivity contribution in [3.05, 3.63) is 0 Å². The van der Waals surface area contributed by atoms with Crippen LogP contribution < -0.4 is 5.32 Å². The molecule has 0 bridgehead atoms. The Morgan fingerprint density at radius 2 is 1.84 bits per heavy atom. The number of hydrogen-bond donors (Lipinski definition) is 2. The monoisotopic (exact) mass is 270 g/mol. The second-order valence-corrected chi connectivity index (χ2v) is 5.37. The zero-order chi connectivity index (χ0) is 14.3. The highest BCUT2D eigenvalue weighted by atomic mass is 16.4. The van der Waals surface area contributed by atoms with E-state index in [1.165, 1.54) is 25.7 Å². The molecule has 0 aromatic heterocycles. The Morgan fingerprint density at radius 3 is 2.32 bits per heavy atom. The minimum atomic E-state index is -0.867. The number of nitrogens with zero attached hydrogens (tertiary/aromatic N) is 1. The highest BCUT2D eigenvalue weighted by molar-refractivity contribution is 5.76. The lowest BCUT2D eigenvalue weighted by Gasteiger charge is -2.29. The van der Waals surface area contributed by atoms with Crippen molar-refractivity contribution in [1.82, 2.24) is 10.2 Å². The zero-order valence-corrected chi connectivity index (χ0v) is 12.0. The third kappa shape index (κ3) is 5.49. The number of amides is 2. The first kappa shape index (κ1) is 15.8. The van der Waals surface area contributed by atoms with Gasteiger partial charge in [0, 0.05) is 18.6 Å². The molecule has 0 heterocycles. The van der Waals surface area contributed by atoms with E-state index < -0.39 is 5.97 Å². The minimum absolute atomic E-state index is 0.00801. The molecule has 5 heteroatoms. The molecule has 1 saturated carbocycles. The molecule has 0 spiro atoms. The number of carboxylic acid groups (broad SMARTS) is 1. The molecule has 1 rings (SSSR count). The Labute approximate surface area is 115 Å². The number of carbonyl (C=O) groups is 2. The molecule has 0 aromatic carbocycles. The minimum Gasteiger partial charge on any atom is -0.481 e. The van der Waals surface area contributed by atoms with Crippen molar-refractivity contribution in [2.75, 3.05) is 6.54 Å². The van der Waals surface area contributed by atoms with Gasteiger partial charge in [0.1, 0.15) is 0 Å². The highest BCUT2D eigenvalue weighted by Gasteiger charge is 2.23. The summed E-state index contributed by atoms with van der Waals surface area (Å²) in [6.45, 7) is 4.20. The van der Waals surface area contributed by atoms with Crippen LogP contribution in [-0.2, 0) is 4.79 Å². The van der Waals surface area contributed by atoms with Crippen LogP contribution in [0.2, 0.25) is 0 Å². The summed E-state index contributed by atoms with van der Waals surface area (Å²) in [5.41, 5.74) is 0. The van der Waals surface area contributed by atoms with Crippen molar-refractivity contribution in [3.8, 4) is 0 Å². The van der Waals surface area contributed by atoms with Crippen molar-refractivity contribution in [3.63, 3.8) is 0 Å². The standard InChI is InChI=1S/C14H26N2O3/c1-3-16(11(2)10-13(17)18)14(19)15-12-8-6-4-5-7-9-12/h11-12H,3-10H2,1-2H3,(H,15,19)(H,17,18). The first-order valence-corrected chi connectivity index (χ1v) is 7.33. The van der Waals surface area contributed by atoms with Gasteiger partial charge < -0.3 is 15.3 Å². The number of aliphatic carboxylic acids is 1.